The van der Waals surface area contributed by atoms with E-state index < -0.39 is 23.3 Å². The summed E-state index contributed by atoms with van der Waals surface area (Å²) in [5.41, 5.74) is -2.99. The summed E-state index contributed by atoms with van der Waals surface area (Å²) in [4.78, 5) is 26.7. The number of nitrogens with zero attached hydrogens (tertiary/aromatic N) is 1. The van der Waals surface area contributed by atoms with Gasteiger partial charge in [-0.25, -0.2) is 14.0 Å². The van der Waals surface area contributed by atoms with Crippen molar-refractivity contribution >= 4 is 12.1 Å². The monoisotopic (exact) mass is 265 g/mol. The van der Waals surface area contributed by atoms with E-state index in [4.69, 9.17) is 4.74 Å². The van der Waals surface area contributed by atoms with E-state index in [-0.39, 0.29) is 25.9 Å². The van der Waals surface area contributed by atoms with Crippen molar-refractivity contribution in [3.8, 4) is 0 Å². The van der Waals surface area contributed by atoms with E-state index in [1.54, 1.807) is 20.8 Å². The third-order valence-electron chi connectivity index (χ3n) is 2.64. The predicted molar refractivity (Wildman–Crippen MR) is 58.1 cm³/mol. The Balaban J connectivity index is 2.54. The molecular weight excluding hydrogens is 248 g/mol. The van der Waals surface area contributed by atoms with Crippen molar-refractivity contribution in [1.82, 2.24) is 4.90 Å². The van der Waals surface area contributed by atoms with Crippen molar-refractivity contribution in [2.45, 2.75) is 44.9 Å². The van der Waals surface area contributed by atoms with Crippen LogP contribution in [0.3, 0.4) is 0 Å². The van der Waals surface area contributed by atoms with Gasteiger partial charge in [-0.1, -0.05) is 0 Å². The quantitative estimate of drug-likeness (QED) is 0.729. The largest absolute Gasteiger partial charge is 0.444 e. The molecule has 0 saturated carbocycles. The fourth-order valence-corrected chi connectivity index (χ4v) is 1.64. The molecule has 1 amide bonds. The van der Waals surface area contributed by atoms with Gasteiger partial charge in [-0.05, 0) is 20.8 Å². The number of hydrogen-bond donors (Lipinski definition) is 0. The maximum Gasteiger partial charge on any atom is 0.410 e. The van der Waals surface area contributed by atoms with Crippen LogP contribution < -0.4 is 0 Å². The van der Waals surface area contributed by atoms with Crippen LogP contribution in [0, 0.1) is 0 Å². The molecule has 0 atom stereocenters. The first-order valence-electron chi connectivity index (χ1n) is 5.68. The number of rotatable bonds is 1. The van der Waals surface area contributed by atoms with Crippen molar-refractivity contribution in [3.63, 3.8) is 0 Å². The molecule has 0 bridgehead atoms. The van der Waals surface area contributed by atoms with Crippen LogP contribution >= 0.6 is 0 Å². The number of ether oxygens (including phenoxy) is 1. The summed E-state index contributed by atoms with van der Waals surface area (Å²) >= 11 is 0. The minimum atomic E-state index is -2.35. The maximum atomic E-state index is 13.8. The summed E-state index contributed by atoms with van der Waals surface area (Å²) in [7, 11) is 0. The van der Waals surface area contributed by atoms with Gasteiger partial charge in [0, 0.05) is 30.5 Å². The standard InChI is InChI=1S/C11H17F2NO4/c1-10(2,3)17-9(16)14-6-4-11(12,5-7-14)8(15)18-13/h4-7H2,1-3H3. The lowest BCUT2D eigenvalue weighted by Crippen LogP contribution is -2.49. The number of likely N-dealkylation sites (tertiary alicyclic amines) is 1. The topological polar surface area (TPSA) is 55.8 Å². The van der Waals surface area contributed by atoms with Gasteiger partial charge in [-0.3, -0.25) is 4.94 Å². The Hall–Kier alpha value is -1.40. The molecule has 0 unspecified atom stereocenters. The molecule has 1 rings (SSSR count). The van der Waals surface area contributed by atoms with Crippen molar-refractivity contribution in [3.05, 3.63) is 0 Å². The highest BCUT2D eigenvalue weighted by Crippen LogP contribution is 2.28. The smallest absolute Gasteiger partial charge is 0.410 e. The van der Waals surface area contributed by atoms with Crippen LogP contribution in [-0.2, 0) is 14.5 Å². The second kappa shape index (κ2) is 5.07. The average Bonchev–Trinajstić information content (AvgIpc) is 2.26. The van der Waals surface area contributed by atoms with Gasteiger partial charge in [0.05, 0.1) is 0 Å². The Morgan fingerprint density at radius 1 is 1.22 bits per heavy atom. The number of alkyl halides is 1. The minimum absolute atomic E-state index is 0.0134. The zero-order valence-electron chi connectivity index (χ0n) is 10.7. The van der Waals surface area contributed by atoms with Gasteiger partial charge < -0.3 is 9.64 Å². The summed E-state index contributed by atoms with van der Waals surface area (Å²) in [6.45, 7) is 5.12. The van der Waals surface area contributed by atoms with Gasteiger partial charge in [-0.15, -0.1) is 0 Å². The average molecular weight is 265 g/mol. The Morgan fingerprint density at radius 2 is 1.72 bits per heavy atom. The van der Waals surface area contributed by atoms with E-state index in [9.17, 15) is 18.5 Å². The molecule has 1 fully saturated rings. The highest BCUT2D eigenvalue weighted by atomic mass is 19.3. The van der Waals surface area contributed by atoms with Gasteiger partial charge in [0.25, 0.3) is 0 Å². The minimum Gasteiger partial charge on any atom is -0.444 e. The van der Waals surface area contributed by atoms with E-state index in [0.717, 1.165) is 0 Å². The lowest BCUT2D eigenvalue weighted by atomic mass is 9.94. The number of halogens is 2. The molecule has 0 aliphatic carbocycles. The molecule has 18 heavy (non-hydrogen) atoms. The van der Waals surface area contributed by atoms with Crippen molar-refractivity contribution in [1.29, 1.82) is 0 Å². The first kappa shape index (κ1) is 14.7. The first-order valence-corrected chi connectivity index (χ1v) is 5.68. The van der Waals surface area contributed by atoms with Gasteiger partial charge in [0.1, 0.15) is 5.60 Å². The molecule has 1 heterocycles. The lowest BCUT2D eigenvalue weighted by molar-refractivity contribution is -0.201. The highest BCUT2D eigenvalue weighted by molar-refractivity contribution is 5.79. The van der Waals surface area contributed by atoms with Gasteiger partial charge in [-0.2, -0.15) is 0 Å². The van der Waals surface area contributed by atoms with Crippen molar-refractivity contribution < 1.29 is 28.2 Å². The molecule has 104 valence electrons. The summed E-state index contributed by atoms with van der Waals surface area (Å²) in [5, 5.41) is 0. The van der Waals surface area contributed by atoms with Crippen LogP contribution in [-0.4, -0.2) is 41.3 Å². The normalized spacial score (nSPS) is 19.3. The predicted octanol–water partition coefficient (Wildman–Crippen LogP) is 2.15. The van der Waals surface area contributed by atoms with E-state index in [0.29, 0.717) is 0 Å². The molecule has 0 aromatic carbocycles. The fraction of sp³-hybridized carbons (Fsp3) is 0.818. The molecule has 7 heteroatoms. The first-order chi connectivity index (χ1) is 8.18. The van der Waals surface area contributed by atoms with Crippen molar-refractivity contribution in [2.75, 3.05) is 13.1 Å². The molecule has 1 aliphatic heterocycles. The zero-order chi connectivity index (χ0) is 14.0. The number of piperidine rings is 1. The van der Waals surface area contributed by atoms with Gasteiger partial charge in [0.15, 0.2) is 0 Å². The molecule has 0 N–H and O–H groups in total. The van der Waals surface area contributed by atoms with Crippen LogP contribution in [0.5, 0.6) is 0 Å². The van der Waals surface area contributed by atoms with E-state index in [2.05, 4.69) is 4.94 Å². The second-order valence-corrected chi connectivity index (χ2v) is 5.30. The van der Waals surface area contributed by atoms with Crippen LogP contribution in [0.4, 0.5) is 13.7 Å². The van der Waals surface area contributed by atoms with Crippen molar-refractivity contribution in [2.24, 2.45) is 0 Å². The maximum absolute atomic E-state index is 13.8. The SMILES string of the molecule is CC(C)(C)OC(=O)N1CCC(F)(C(=O)OF)CC1. The number of hydrogen-bond acceptors (Lipinski definition) is 4. The van der Waals surface area contributed by atoms with Gasteiger partial charge in [0.2, 0.25) is 5.67 Å². The number of amides is 1. The highest BCUT2D eigenvalue weighted by Gasteiger charge is 2.45. The Bertz CT molecular complexity index is 332. The fourth-order valence-electron chi connectivity index (χ4n) is 1.64. The van der Waals surface area contributed by atoms with E-state index in [1.807, 2.05) is 0 Å². The molecule has 1 saturated heterocycles. The molecule has 0 aromatic rings. The molecular formula is C11H17F2NO4. The third kappa shape index (κ3) is 3.54. The van der Waals surface area contributed by atoms with Crippen LogP contribution in [0.25, 0.3) is 0 Å². The van der Waals surface area contributed by atoms with E-state index >= 15 is 0 Å². The summed E-state index contributed by atoms with van der Waals surface area (Å²) in [6.07, 6.45) is -1.16. The molecule has 0 aromatic heterocycles. The summed E-state index contributed by atoms with van der Waals surface area (Å²) in [5.74, 6) is -1.54. The number of carbonyl (C=O) groups excluding carboxylic acids is 2. The van der Waals surface area contributed by atoms with Crippen LogP contribution in [0.1, 0.15) is 33.6 Å². The second-order valence-electron chi connectivity index (χ2n) is 5.30. The van der Waals surface area contributed by atoms with Gasteiger partial charge >= 0.3 is 12.1 Å². The van der Waals surface area contributed by atoms with Crippen LogP contribution in [0.2, 0.25) is 0 Å². The Morgan fingerprint density at radius 3 is 2.11 bits per heavy atom. The van der Waals surface area contributed by atoms with E-state index in [1.165, 1.54) is 4.90 Å². The lowest BCUT2D eigenvalue weighted by Gasteiger charge is -2.34. The molecule has 0 spiro atoms. The molecule has 5 nitrogen and oxygen atoms in total. The Labute approximate surface area is 104 Å². The zero-order valence-corrected chi connectivity index (χ0v) is 10.7. The molecule has 0 radical (unpaired) electrons. The summed E-state index contributed by atoms with van der Waals surface area (Å²) in [6, 6.07) is 0. The Kier molecular flexibility index (Phi) is 4.13. The van der Waals surface area contributed by atoms with Crippen LogP contribution in [0.15, 0.2) is 0 Å². The molecule has 1 aliphatic rings. The summed E-state index contributed by atoms with van der Waals surface area (Å²) < 4.78 is 30.7. The third-order valence-corrected chi connectivity index (χ3v) is 2.64. The number of carbonyl (C=O) groups is 2.